The number of nitrogens with two attached hydrogens (primary N) is 1. The van der Waals surface area contributed by atoms with E-state index in [1.807, 2.05) is 18.0 Å². The van der Waals surface area contributed by atoms with E-state index in [-0.39, 0.29) is 5.84 Å². The molecule has 3 N–H and O–H groups in total. The number of rotatable bonds is 7. The molecule has 0 aliphatic heterocycles. The van der Waals surface area contributed by atoms with Crippen molar-refractivity contribution < 1.29 is 4.74 Å². The number of anilines is 1. The van der Waals surface area contributed by atoms with Crippen molar-refractivity contribution in [2.75, 3.05) is 31.7 Å². The topological polar surface area (TPSA) is 75.2 Å². The summed E-state index contributed by atoms with van der Waals surface area (Å²) in [6.07, 6.45) is 4.31. The summed E-state index contributed by atoms with van der Waals surface area (Å²) in [7, 11) is 1.97. The first-order valence-corrected chi connectivity index (χ1v) is 6.26. The molecule has 0 atom stereocenters. The van der Waals surface area contributed by atoms with Crippen molar-refractivity contribution in [2.24, 2.45) is 11.7 Å². The monoisotopic (exact) mass is 248 g/mol. The minimum Gasteiger partial charge on any atom is -0.384 e. The molecule has 1 aromatic rings. The van der Waals surface area contributed by atoms with Crippen LogP contribution in [0.2, 0.25) is 0 Å². The third-order valence-electron chi connectivity index (χ3n) is 3.07. The lowest BCUT2D eigenvalue weighted by atomic mass is 10.2. The Labute approximate surface area is 107 Å². The van der Waals surface area contributed by atoms with Crippen LogP contribution >= 0.6 is 0 Å². The molecular weight excluding hydrogens is 228 g/mol. The van der Waals surface area contributed by atoms with Crippen LogP contribution < -0.4 is 10.6 Å². The molecule has 1 aliphatic rings. The largest absolute Gasteiger partial charge is 0.384 e. The van der Waals surface area contributed by atoms with Gasteiger partial charge in [0.15, 0.2) is 0 Å². The second-order valence-corrected chi connectivity index (χ2v) is 4.76. The van der Waals surface area contributed by atoms with Crippen LogP contribution in [0.4, 0.5) is 5.82 Å². The fraction of sp³-hybridized carbons (Fsp3) is 0.538. The molecule has 0 saturated heterocycles. The van der Waals surface area contributed by atoms with Gasteiger partial charge in [0.2, 0.25) is 0 Å². The average molecular weight is 248 g/mol. The summed E-state index contributed by atoms with van der Waals surface area (Å²) in [4.78, 5) is 6.28. The Balaban J connectivity index is 1.81. The van der Waals surface area contributed by atoms with Gasteiger partial charge in [0.1, 0.15) is 11.7 Å². The highest BCUT2D eigenvalue weighted by Crippen LogP contribution is 2.28. The summed E-state index contributed by atoms with van der Waals surface area (Å²) in [5.41, 5.74) is 6.16. The molecule has 0 bridgehead atoms. The number of nitrogens with zero attached hydrogens (tertiary/aromatic N) is 2. The number of aromatic nitrogens is 1. The van der Waals surface area contributed by atoms with E-state index >= 15 is 0 Å². The predicted octanol–water partition coefficient (Wildman–Crippen LogP) is 1.23. The molecule has 0 radical (unpaired) electrons. The van der Waals surface area contributed by atoms with Gasteiger partial charge >= 0.3 is 0 Å². The highest BCUT2D eigenvalue weighted by Gasteiger charge is 2.20. The number of hydrogen-bond acceptors (Lipinski definition) is 4. The van der Waals surface area contributed by atoms with Gasteiger partial charge in [-0.2, -0.15) is 0 Å². The SMILES string of the molecule is CN(CCOCC1CC1)c1cc(C(=N)N)ccn1. The van der Waals surface area contributed by atoms with Crippen molar-refractivity contribution in [1.29, 1.82) is 5.41 Å². The lowest BCUT2D eigenvalue weighted by Gasteiger charge is -2.18. The molecule has 1 aliphatic carbocycles. The average Bonchev–Trinajstić information content (AvgIpc) is 3.18. The number of pyridine rings is 1. The molecule has 0 amide bonds. The second kappa shape index (κ2) is 5.82. The van der Waals surface area contributed by atoms with Crippen molar-refractivity contribution in [3.63, 3.8) is 0 Å². The smallest absolute Gasteiger partial charge is 0.129 e. The third-order valence-corrected chi connectivity index (χ3v) is 3.07. The molecule has 1 saturated carbocycles. The Hall–Kier alpha value is -1.62. The van der Waals surface area contributed by atoms with Gasteiger partial charge in [-0.3, -0.25) is 5.41 Å². The van der Waals surface area contributed by atoms with Crippen LogP contribution in [0.1, 0.15) is 18.4 Å². The van der Waals surface area contributed by atoms with Gasteiger partial charge < -0.3 is 15.4 Å². The summed E-state index contributed by atoms with van der Waals surface area (Å²) < 4.78 is 5.59. The molecule has 1 heterocycles. The molecule has 1 aromatic heterocycles. The van der Waals surface area contributed by atoms with Crippen LogP contribution in [-0.2, 0) is 4.74 Å². The van der Waals surface area contributed by atoms with E-state index in [0.29, 0.717) is 12.2 Å². The zero-order valence-corrected chi connectivity index (χ0v) is 10.7. The van der Waals surface area contributed by atoms with Crippen molar-refractivity contribution in [1.82, 2.24) is 4.98 Å². The number of hydrogen-bond donors (Lipinski definition) is 2. The fourth-order valence-electron chi connectivity index (χ4n) is 1.65. The molecular formula is C13H20N4O. The van der Waals surface area contributed by atoms with Crippen molar-refractivity contribution in [2.45, 2.75) is 12.8 Å². The molecule has 18 heavy (non-hydrogen) atoms. The first-order valence-electron chi connectivity index (χ1n) is 6.26. The van der Waals surface area contributed by atoms with E-state index in [1.165, 1.54) is 12.8 Å². The van der Waals surface area contributed by atoms with Gasteiger partial charge in [0.05, 0.1) is 6.61 Å². The maximum absolute atomic E-state index is 7.40. The van der Waals surface area contributed by atoms with Crippen LogP contribution in [0, 0.1) is 11.3 Å². The molecule has 0 aromatic carbocycles. The summed E-state index contributed by atoms with van der Waals surface area (Å²) in [6, 6.07) is 3.56. The van der Waals surface area contributed by atoms with Gasteiger partial charge in [-0.25, -0.2) is 4.98 Å². The number of likely N-dealkylation sites (N-methyl/N-ethyl adjacent to an activating group) is 1. The van der Waals surface area contributed by atoms with E-state index in [1.54, 1.807) is 12.3 Å². The summed E-state index contributed by atoms with van der Waals surface area (Å²) in [5.74, 6) is 1.68. The Morgan fingerprint density at radius 1 is 1.61 bits per heavy atom. The van der Waals surface area contributed by atoms with Crippen LogP contribution in [0.3, 0.4) is 0 Å². The quantitative estimate of drug-likeness (QED) is 0.432. The summed E-state index contributed by atoms with van der Waals surface area (Å²) in [5, 5.41) is 7.40. The first kappa shape index (κ1) is 12.8. The van der Waals surface area contributed by atoms with Crippen LogP contribution in [-0.4, -0.2) is 37.6 Å². The van der Waals surface area contributed by atoms with Crippen LogP contribution in [0.15, 0.2) is 18.3 Å². The second-order valence-electron chi connectivity index (χ2n) is 4.76. The molecule has 0 spiro atoms. The molecule has 2 rings (SSSR count). The Kier molecular flexibility index (Phi) is 4.15. The van der Waals surface area contributed by atoms with E-state index in [4.69, 9.17) is 15.9 Å². The van der Waals surface area contributed by atoms with Crippen LogP contribution in [0.5, 0.6) is 0 Å². The van der Waals surface area contributed by atoms with Gasteiger partial charge in [-0.05, 0) is 30.9 Å². The Morgan fingerprint density at radius 2 is 2.39 bits per heavy atom. The minimum atomic E-state index is 0.0667. The normalized spacial score (nSPS) is 14.5. The molecule has 98 valence electrons. The van der Waals surface area contributed by atoms with Crippen molar-refractivity contribution in [3.8, 4) is 0 Å². The zero-order valence-electron chi connectivity index (χ0n) is 10.7. The summed E-state index contributed by atoms with van der Waals surface area (Å²) >= 11 is 0. The number of nitrogen functional groups attached to an aromatic ring is 1. The van der Waals surface area contributed by atoms with Crippen LogP contribution in [0.25, 0.3) is 0 Å². The van der Waals surface area contributed by atoms with Gasteiger partial charge in [0.25, 0.3) is 0 Å². The zero-order chi connectivity index (χ0) is 13.0. The maximum Gasteiger partial charge on any atom is 0.129 e. The van der Waals surface area contributed by atoms with E-state index in [9.17, 15) is 0 Å². The standard InChI is InChI=1S/C13H20N4O/c1-17(6-7-18-9-10-2-3-10)12-8-11(13(14)15)4-5-16-12/h4-5,8,10H,2-3,6-7,9H2,1H3,(H3,14,15). The number of ether oxygens (including phenoxy) is 1. The van der Waals surface area contributed by atoms with E-state index < -0.39 is 0 Å². The Bertz CT molecular complexity index is 417. The van der Waals surface area contributed by atoms with Crippen molar-refractivity contribution >= 4 is 11.7 Å². The molecule has 1 fully saturated rings. The van der Waals surface area contributed by atoms with Gasteiger partial charge in [-0.15, -0.1) is 0 Å². The fourth-order valence-corrected chi connectivity index (χ4v) is 1.65. The molecule has 0 unspecified atom stereocenters. The van der Waals surface area contributed by atoms with Gasteiger partial charge in [0, 0.05) is 32.0 Å². The predicted molar refractivity (Wildman–Crippen MR) is 72.1 cm³/mol. The number of nitrogens with one attached hydrogen (secondary N) is 1. The van der Waals surface area contributed by atoms with E-state index in [0.717, 1.165) is 24.9 Å². The summed E-state index contributed by atoms with van der Waals surface area (Å²) in [6.45, 7) is 2.38. The lowest BCUT2D eigenvalue weighted by molar-refractivity contribution is 0.131. The number of amidine groups is 1. The Morgan fingerprint density at radius 3 is 3.06 bits per heavy atom. The highest BCUT2D eigenvalue weighted by molar-refractivity contribution is 5.95. The van der Waals surface area contributed by atoms with Crippen molar-refractivity contribution in [3.05, 3.63) is 23.9 Å². The molecule has 5 heteroatoms. The minimum absolute atomic E-state index is 0.0667. The maximum atomic E-state index is 7.40. The van der Waals surface area contributed by atoms with E-state index in [2.05, 4.69) is 4.98 Å². The molecule has 5 nitrogen and oxygen atoms in total. The third kappa shape index (κ3) is 3.70. The first-order chi connectivity index (χ1) is 8.66. The van der Waals surface area contributed by atoms with Gasteiger partial charge in [-0.1, -0.05) is 0 Å². The lowest BCUT2D eigenvalue weighted by Crippen LogP contribution is -2.24. The highest BCUT2D eigenvalue weighted by atomic mass is 16.5.